The Morgan fingerprint density at radius 2 is 1.18 bits per heavy atom. The predicted octanol–water partition coefficient (Wildman–Crippen LogP) is 1.13. The van der Waals surface area contributed by atoms with Crippen LogP contribution >= 0.6 is 0 Å². The molecule has 0 aromatic rings. The largest absolute Gasteiger partial charge is 0.297 e. The van der Waals surface area contributed by atoms with E-state index in [0.29, 0.717) is 12.8 Å². The number of Topliss-reactive ketones (excluding diaryl/α,β-unsaturated/α-hetero) is 1. The van der Waals surface area contributed by atoms with Crippen molar-refractivity contribution in [1.82, 2.24) is 9.80 Å². The molecule has 2 aliphatic rings. The van der Waals surface area contributed by atoms with Crippen LogP contribution in [0.1, 0.15) is 53.4 Å². The molecular weight excluding hydrogens is 400 g/mol. The normalized spacial score (nSPS) is 28.6. The number of ketones is 1. The van der Waals surface area contributed by atoms with E-state index in [1.54, 1.807) is 0 Å². The highest BCUT2D eigenvalue weighted by Crippen LogP contribution is 2.23. The van der Waals surface area contributed by atoms with Crippen LogP contribution in [0.4, 0.5) is 0 Å². The van der Waals surface area contributed by atoms with Gasteiger partial charge in [-0.15, -0.1) is 0 Å². The van der Waals surface area contributed by atoms with E-state index >= 15 is 0 Å². The lowest BCUT2D eigenvalue weighted by Gasteiger charge is -2.36. The molecule has 164 valence electrons. The Morgan fingerprint density at radius 3 is 1.43 bits per heavy atom. The van der Waals surface area contributed by atoms with Crippen LogP contribution in [-0.2, 0) is 24.5 Å². The van der Waals surface area contributed by atoms with Crippen LogP contribution < -0.4 is 0 Å². The zero-order valence-electron chi connectivity index (χ0n) is 17.6. The average molecular weight is 437 g/mol. The molecule has 0 amide bonds. The first kappa shape index (κ1) is 23.8. The van der Waals surface area contributed by atoms with Crippen LogP contribution in [0.15, 0.2) is 0 Å². The van der Waals surface area contributed by atoms with Crippen molar-refractivity contribution < 1.29 is 21.6 Å². The first-order valence-corrected chi connectivity index (χ1v) is 14.1. The molecule has 28 heavy (non-hydrogen) atoms. The minimum absolute atomic E-state index is 0.0363. The summed E-state index contributed by atoms with van der Waals surface area (Å²) in [5.41, 5.74) is 0. The maximum atomic E-state index is 13.0. The summed E-state index contributed by atoms with van der Waals surface area (Å²) in [5, 5.41) is 0. The predicted molar refractivity (Wildman–Crippen MR) is 112 cm³/mol. The van der Waals surface area contributed by atoms with Crippen molar-refractivity contribution in [1.29, 1.82) is 0 Å². The van der Waals surface area contributed by atoms with Crippen LogP contribution in [0, 0.1) is 0 Å². The van der Waals surface area contributed by atoms with Crippen LogP contribution in [0.3, 0.4) is 0 Å². The van der Waals surface area contributed by atoms with Gasteiger partial charge in [-0.05, 0) is 39.5 Å². The van der Waals surface area contributed by atoms with Gasteiger partial charge in [0.2, 0.25) is 0 Å². The van der Waals surface area contributed by atoms with Gasteiger partial charge in [-0.1, -0.05) is 13.8 Å². The van der Waals surface area contributed by atoms with Crippen LogP contribution in [0.5, 0.6) is 0 Å². The summed E-state index contributed by atoms with van der Waals surface area (Å²) < 4.78 is 47.6. The van der Waals surface area contributed by atoms with Gasteiger partial charge in [0.1, 0.15) is 0 Å². The van der Waals surface area contributed by atoms with Crippen molar-refractivity contribution >= 4 is 25.5 Å². The molecule has 0 unspecified atom stereocenters. The molecule has 0 aromatic heterocycles. The molecular formula is C19H36N2O5S2. The summed E-state index contributed by atoms with van der Waals surface area (Å²) in [5.74, 6) is 0.672. The highest BCUT2D eigenvalue weighted by atomic mass is 32.2. The van der Waals surface area contributed by atoms with Crippen LogP contribution in [0.2, 0.25) is 0 Å². The number of rotatable bonds is 10. The minimum atomic E-state index is -3.01. The van der Waals surface area contributed by atoms with Gasteiger partial charge in [0.25, 0.3) is 0 Å². The molecule has 0 saturated carbocycles. The molecule has 0 N–H and O–H groups in total. The molecule has 0 radical (unpaired) electrons. The second kappa shape index (κ2) is 9.53. The molecule has 0 spiro atoms. The summed E-state index contributed by atoms with van der Waals surface area (Å²) in [6, 6.07) is 0.0536. The standard InChI is InChI=1S/C19H36N2O5S2/c1-5-15(3)20(17-7-9-27(23,24)13-17)11-19(22)12-21(16(4)6-2)18-8-10-28(25,26)14-18/h15-18H,5-14H2,1-4H3/t15-,16+,17+,18-. The number of nitrogens with zero attached hydrogens (tertiary/aromatic N) is 2. The van der Waals surface area contributed by atoms with Gasteiger partial charge in [-0.25, -0.2) is 16.8 Å². The molecule has 2 rings (SSSR count). The highest BCUT2D eigenvalue weighted by molar-refractivity contribution is 7.91. The fourth-order valence-corrected chi connectivity index (χ4v) is 7.77. The molecule has 2 heterocycles. The van der Waals surface area contributed by atoms with Gasteiger partial charge in [0, 0.05) is 24.2 Å². The van der Waals surface area contributed by atoms with Crippen molar-refractivity contribution in [2.75, 3.05) is 36.1 Å². The minimum Gasteiger partial charge on any atom is -0.297 e. The van der Waals surface area contributed by atoms with Gasteiger partial charge in [0.05, 0.1) is 36.1 Å². The maximum Gasteiger partial charge on any atom is 0.160 e. The second-order valence-corrected chi connectivity index (χ2v) is 13.0. The Labute approximate surface area is 170 Å². The third-order valence-corrected chi connectivity index (χ3v) is 9.89. The summed E-state index contributed by atoms with van der Waals surface area (Å²) in [4.78, 5) is 17.1. The SMILES string of the molecule is CC[C@@H](C)N(CC(=O)CN([C@@H]1CCS(=O)(=O)C1)[C@@H](C)CC)[C@H]1CCS(=O)(=O)C1. The molecule has 4 atom stereocenters. The van der Waals surface area contributed by atoms with Crippen molar-refractivity contribution in [3.05, 3.63) is 0 Å². The fourth-order valence-electron chi connectivity index (χ4n) is 4.29. The zero-order valence-corrected chi connectivity index (χ0v) is 19.3. The van der Waals surface area contributed by atoms with Crippen molar-refractivity contribution in [3.63, 3.8) is 0 Å². The van der Waals surface area contributed by atoms with E-state index in [1.165, 1.54) is 0 Å². The topological polar surface area (TPSA) is 91.8 Å². The number of sulfone groups is 2. The Bertz CT molecular complexity index is 688. The lowest BCUT2D eigenvalue weighted by atomic mass is 10.1. The highest BCUT2D eigenvalue weighted by Gasteiger charge is 2.37. The van der Waals surface area contributed by atoms with Gasteiger partial charge in [-0.3, -0.25) is 14.6 Å². The number of carbonyl (C=O) groups excluding carboxylic acids is 1. The molecule has 9 heteroatoms. The summed E-state index contributed by atoms with van der Waals surface area (Å²) in [6.07, 6.45) is 2.85. The summed E-state index contributed by atoms with van der Waals surface area (Å²) >= 11 is 0. The Kier molecular flexibility index (Phi) is 8.09. The van der Waals surface area contributed by atoms with Crippen LogP contribution in [-0.4, -0.2) is 92.7 Å². The van der Waals surface area contributed by atoms with E-state index in [0.717, 1.165) is 12.8 Å². The molecule has 0 bridgehead atoms. The molecule has 0 aromatic carbocycles. The van der Waals surface area contributed by atoms with E-state index in [9.17, 15) is 21.6 Å². The smallest absolute Gasteiger partial charge is 0.160 e. The number of hydrogen-bond acceptors (Lipinski definition) is 7. The number of carbonyl (C=O) groups is 1. The van der Waals surface area contributed by atoms with Gasteiger partial charge in [0.15, 0.2) is 25.5 Å². The third kappa shape index (κ3) is 6.24. The van der Waals surface area contributed by atoms with Gasteiger partial charge < -0.3 is 0 Å². The van der Waals surface area contributed by atoms with Crippen LogP contribution in [0.25, 0.3) is 0 Å². The molecule has 7 nitrogen and oxygen atoms in total. The monoisotopic (exact) mass is 436 g/mol. The second-order valence-electron chi connectivity index (χ2n) is 8.51. The Balaban J connectivity index is 2.08. The van der Waals surface area contributed by atoms with E-state index in [2.05, 4.69) is 0 Å². The van der Waals surface area contributed by atoms with Gasteiger partial charge >= 0.3 is 0 Å². The summed E-state index contributed by atoms with van der Waals surface area (Å²) in [7, 11) is -6.03. The quantitative estimate of drug-likeness (QED) is 0.507. The first-order valence-electron chi connectivity index (χ1n) is 10.4. The summed E-state index contributed by atoms with van der Waals surface area (Å²) in [6.45, 7) is 8.60. The maximum absolute atomic E-state index is 13.0. The molecule has 2 saturated heterocycles. The fraction of sp³-hybridized carbons (Fsp3) is 0.947. The van der Waals surface area contributed by atoms with E-state index in [-0.39, 0.29) is 66.1 Å². The Morgan fingerprint density at radius 1 is 0.821 bits per heavy atom. The van der Waals surface area contributed by atoms with Crippen molar-refractivity contribution in [3.8, 4) is 0 Å². The van der Waals surface area contributed by atoms with Gasteiger partial charge in [-0.2, -0.15) is 0 Å². The molecule has 2 fully saturated rings. The lowest BCUT2D eigenvalue weighted by molar-refractivity contribution is -0.123. The van der Waals surface area contributed by atoms with E-state index < -0.39 is 19.7 Å². The van der Waals surface area contributed by atoms with Crippen molar-refractivity contribution in [2.45, 2.75) is 77.5 Å². The average Bonchev–Trinajstić information content (AvgIpc) is 3.17. The van der Waals surface area contributed by atoms with E-state index in [4.69, 9.17) is 0 Å². The lowest BCUT2D eigenvalue weighted by Crippen LogP contribution is -2.50. The molecule has 0 aliphatic carbocycles. The number of hydrogen-bond donors (Lipinski definition) is 0. The molecule has 2 aliphatic heterocycles. The first-order chi connectivity index (χ1) is 13.0. The van der Waals surface area contributed by atoms with Crippen molar-refractivity contribution in [2.24, 2.45) is 0 Å². The Hall–Kier alpha value is -0.510. The third-order valence-electron chi connectivity index (χ3n) is 6.39. The zero-order chi connectivity index (χ0) is 21.1. The van der Waals surface area contributed by atoms with E-state index in [1.807, 2.05) is 37.5 Å².